The molecule has 20 heavy (non-hydrogen) atoms. The molecule has 2 aromatic rings. The second-order valence-corrected chi connectivity index (χ2v) is 5.46. The molecular weight excluding hydrogens is 268 g/mol. The summed E-state index contributed by atoms with van der Waals surface area (Å²) in [6, 6.07) is 9.69. The molecule has 1 heterocycles. The van der Waals surface area contributed by atoms with Crippen LogP contribution < -0.4 is 10.5 Å². The average molecular weight is 286 g/mol. The summed E-state index contributed by atoms with van der Waals surface area (Å²) in [4.78, 5) is 4.44. The molecule has 0 aliphatic rings. The van der Waals surface area contributed by atoms with Gasteiger partial charge in [0, 0.05) is 0 Å². The molecule has 0 amide bonds. The Hall–Kier alpha value is -1.94. The summed E-state index contributed by atoms with van der Waals surface area (Å²) in [5.41, 5.74) is 8.67. The first-order valence-corrected chi connectivity index (χ1v) is 6.92. The van der Waals surface area contributed by atoms with Crippen molar-refractivity contribution >= 4 is 17.2 Å². The molecule has 2 N–H and O–H groups in total. The van der Waals surface area contributed by atoms with Gasteiger partial charge >= 0.3 is 0 Å². The van der Waals surface area contributed by atoms with Crippen LogP contribution in [0, 0.1) is 6.92 Å². The molecule has 0 spiro atoms. The lowest BCUT2D eigenvalue weighted by molar-refractivity contribution is 0.479. The topological polar surface area (TPSA) is 48.1 Å². The maximum atomic E-state index is 5.78. The predicted octanol–water partition coefficient (Wildman–Crippen LogP) is 3.94. The van der Waals surface area contributed by atoms with Gasteiger partial charge in [-0.25, -0.2) is 4.98 Å². The van der Waals surface area contributed by atoms with Gasteiger partial charge < -0.3 is 10.5 Å². The van der Waals surface area contributed by atoms with Crippen molar-refractivity contribution in [3.05, 3.63) is 53.3 Å². The highest BCUT2D eigenvalue weighted by Gasteiger charge is 2.06. The normalized spacial score (nSPS) is 10.6. The third-order valence-corrected chi connectivity index (χ3v) is 3.30. The Morgan fingerprint density at radius 1 is 1.20 bits per heavy atom. The van der Waals surface area contributed by atoms with Crippen molar-refractivity contribution in [3.63, 3.8) is 0 Å². The van der Waals surface area contributed by atoms with Gasteiger partial charge in [0.1, 0.15) is 16.5 Å². The van der Waals surface area contributed by atoms with Crippen molar-refractivity contribution < 1.29 is 4.74 Å². The van der Waals surface area contributed by atoms with E-state index in [1.165, 1.54) is 11.1 Å². The summed E-state index contributed by atoms with van der Waals surface area (Å²) >= 11 is 4.87. The third kappa shape index (κ3) is 3.33. The quantitative estimate of drug-likeness (QED) is 0.865. The van der Waals surface area contributed by atoms with E-state index in [1.807, 2.05) is 18.2 Å². The number of nitrogens with zero attached hydrogens (tertiary/aromatic N) is 1. The summed E-state index contributed by atoms with van der Waals surface area (Å²) in [6.45, 7) is 6.46. The molecule has 104 valence electrons. The van der Waals surface area contributed by atoms with Crippen LogP contribution in [0.1, 0.15) is 36.6 Å². The van der Waals surface area contributed by atoms with Crippen molar-refractivity contribution in [1.29, 1.82) is 0 Å². The lowest BCUT2D eigenvalue weighted by Gasteiger charge is -2.12. The minimum Gasteiger partial charge on any atom is -0.456 e. The van der Waals surface area contributed by atoms with Crippen LogP contribution in [0.15, 0.2) is 36.5 Å². The molecular formula is C16H18N2OS. The number of ether oxygens (including phenoxy) is 1. The molecule has 0 fully saturated rings. The Labute approximate surface area is 124 Å². The van der Waals surface area contributed by atoms with Crippen LogP contribution in [0.5, 0.6) is 11.5 Å². The highest BCUT2D eigenvalue weighted by Crippen LogP contribution is 2.26. The summed E-state index contributed by atoms with van der Waals surface area (Å²) in [6.07, 6.45) is 1.63. The van der Waals surface area contributed by atoms with E-state index in [-0.39, 0.29) is 4.99 Å². The van der Waals surface area contributed by atoms with Crippen LogP contribution in [0.2, 0.25) is 0 Å². The van der Waals surface area contributed by atoms with Gasteiger partial charge in [0.2, 0.25) is 0 Å². The van der Waals surface area contributed by atoms with E-state index >= 15 is 0 Å². The molecule has 0 aliphatic heterocycles. The molecule has 0 aliphatic carbocycles. The molecule has 0 bridgehead atoms. The number of hydrogen-bond donors (Lipinski definition) is 1. The number of aryl methyl sites for hydroxylation is 1. The highest BCUT2D eigenvalue weighted by molar-refractivity contribution is 7.80. The number of thiocarbonyl (C=S) groups is 1. The van der Waals surface area contributed by atoms with E-state index in [4.69, 9.17) is 22.7 Å². The van der Waals surface area contributed by atoms with Crippen molar-refractivity contribution in [2.24, 2.45) is 5.73 Å². The number of aromatic nitrogens is 1. The molecule has 0 atom stereocenters. The molecule has 0 saturated carbocycles. The van der Waals surface area contributed by atoms with Crippen LogP contribution in [0.25, 0.3) is 0 Å². The first-order valence-electron chi connectivity index (χ1n) is 6.51. The SMILES string of the molecule is Cc1cc(Oc2ccc(C(N)=S)nc2)ccc1C(C)C. The number of benzene rings is 1. The van der Waals surface area contributed by atoms with E-state index in [0.29, 0.717) is 17.4 Å². The maximum absolute atomic E-state index is 5.78. The van der Waals surface area contributed by atoms with Gasteiger partial charge in [0.15, 0.2) is 0 Å². The van der Waals surface area contributed by atoms with Gasteiger partial charge in [-0.3, -0.25) is 0 Å². The monoisotopic (exact) mass is 286 g/mol. The van der Waals surface area contributed by atoms with Gasteiger partial charge in [0.25, 0.3) is 0 Å². The van der Waals surface area contributed by atoms with Crippen LogP contribution in [0.3, 0.4) is 0 Å². The van der Waals surface area contributed by atoms with Crippen LogP contribution in [0.4, 0.5) is 0 Å². The maximum Gasteiger partial charge on any atom is 0.145 e. The van der Waals surface area contributed by atoms with Crippen LogP contribution in [-0.4, -0.2) is 9.97 Å². The zero-order valence-corrected chi connectivity index (χ0v) is 12.7. The molecule has 2 rings (SSSR count). The fraction of sp³-hybridized carbons (Fsp3) is 0.250. The summed E-state index contributed by atoms with van der Waals surface area (Å²) in [7, 11) is 0. The van der Waals surface area contributed by atoms with E-state index in [0.717, 1.165) is 5.75 Å². The second kappa shape index (κ2) is 6.01. The lowest BCUT2D eigenvalue weighted by atomic mass is 9.98. The summed E-state index contributed by atoms with van der Waals surface area (Å²) < 4.78 is 5.78. The van der Waals surface area contributed by atoms with E-state index in [1.54, 1.807) is 12.3 Å². The van der Waals surface area contributed by atoms with Crippen molar-refractivity contribution in [1.82, 2.24) is 4.98 Å². The van der Waals surface area contributed by atoms with Crippen LogP contribution >= 0.6 is 12.2 Å². The first-order chi connectivity index (χ1) is 9.47. The molecule has 0 saturated heterocycles. The fourth-order valence-electron chi connectivity index (χ4n) is 2.08. The second-order valence-electron chi connectivity index (χ2n) is 5.02. The largest absolute Gasteiger partial charge is 0.456 e. The Bertz CT molecular complexity index is 621. The van der Waals surface area contributed by atoms with Crippen molar-refractivity contribution in [3.8, 4) is 11.5 Å². The first kappa shape index (κ1) is 14.5. The van der Waals surface area contributed by atoms with E-state index < -0.39 is 0 Å². The van der Waals surface area contributed by atoms with E-state index in [2.05, 4.69) is 31.8 Å². The Morgan fingerprint density at radius 2 is 1.90 bits per heavy atom. The summed E-state index contributed by atoms with van der Waals surface area (Å²) in [5, 5.41) is 0. The average Bonchev–Trinajstić information content (AvgIpc) is 2.39. The zero-order chi connectivity index (χ0) is 14.7. The smallest absolute Gasteiger partial charge is 0.145 e. The fourth-order valence-corrected chi connectivity index (χ4v) is 2.20. The Balaban J connectivity index is 2.17. The minimum atomic E-state index is 0.286. The summed E-state index contributed by atoms with van der Waals surface area (Å²) in [5.74, 6) is 1.98. The Kier molecular flexibility index (Phi) is 4.35. The molecule has 4 heteroatoms. The molecule has 0 unspecified atom stereocenters. The van der Waals surface area contributed by atoms with Gasteiger partial charge in [0.05, 0.1) is 11.9 Å². The molecule has 3 nitrogen and oxygen atoms in total. The van der Waals surface area contributed by atoms with E-state index in [9.17, 15) is 0 Å². The number of nitrogens with two attached hydrogens (primary N) is 1. The lowest BCUT2D eigenvalue weighted by Crippen LogP contribution is -2.10. The van der Waals surface area contributed by atoms with Gasteiger partial charge in [-0.1, -0.05) is 32.1 Å². The zero-order valence-electron chi connectivity index (χ0n) is 11.9. The highest BCUT2D eigenvalue weighted by atomic mass is 32.1. The Morgan fingerprint density at radius 3 is 2.40 bits per heavy atom. The number of pyridine rings is 1. The number of hydrogen-bond acceptors (Lipinski definition) is 3. The van der Waals surface area contributed by atoms with Crippen LogP contribution in [-0.2, 0) is 0 Å². The predicted molar refractivity (Wildman–Crippen MR) is 85.5 cm³/mol. The molecule has 1 aromatic carbocycles. The van der Waals surface area contributed by atoms with Gasteiger partial charge in [-0.05, 0) is 48.2 Å². The third-order valence-electron chi connectivity index (χ3n) is 3.09. The molecule has 1 aromatic heterocycles. The molecule has 0 radical (unpaired) electrons. The standard InChI is InChI=1S/C16H18N2OS/c1-10(2)14-6-4-12(8-11(14)3)19-13-5-7-15(16(17)20)18-9-13/h4-10H,1-3H3,(H2,17,20). The minimum absolute atomic E-state index is 0.286. The van der Waals surface area contributed by atoms with Gasteiger partial charge in [-0.15, -0.1) is 0 Å². The van der Waals surface area contributed by atoms with Gasteiger partial charge in [-0.2, -0.15) is 0 Å². The number of rotatable bonds is 4. The van der Waals surface area contributed by atoms with Crippen molar-refractivity contribution in [2.45, 2.75) is 26.7 Å². The van der Waals surface area contributed by atoms with Crippen molar-refractivity contribution in [2.75, 3.05) is 0 Å².